The highest BCUT2D eigenvalue weighted by molar-refractivity contribution is 5.81. The van der Waals surface area contributed by atoms with Crippen LogP contribution in [0.5, 0.6) is 5.75 Å². The summed E-state index contributed by atoms with van der Waals surface area (Å²) >= 11 is 0. The topological polar surface area (TPSA) is 46.5 Å². The van der Waals surface area contributed by atoms with Crippen molar-refractivity contribution in [3.05, 3.63) is 29.8 Å². The number of carbonyl (C=O) groups is 1. The predicted molar refractivity (Wildman–Crippen MR) is 58.6 cm³/mol. The minimum absolute atomic E-state index is 0.132. The molecule has 0 aromatic heterocycles. The van der Waals surface area contributed by atoms with E-state index >= 15 is 0 Å². The molecule has 0 atom stereocenters. The molecular formula is C13H14O3. The fourth-order valence-electron chi connectivity index (χ4n) is 3.27. The Balaban J connectivity index is 1.84. The number of carboxylic acid groups (broad SMARTS) is 1. The lowest BCUT2D eigenvalue weighted by Gasteiger charge is -2.68. The van der Waals surface area contributed by atoms with Gasteiger partial charge in [0.05, 0.1) is 12.5 Å². The quantitative estimate of drug-likeness (QED) is 0.846. The molecule has 1 aromatic carbocycles. The Hall–Kier alpha value is -1.51. The van der Waals surface area contributed by atoms with Crippen molar-refractivity contribution in [3.63, 3.8) is 0 Å². The average Bonchev–Trinajstić information content (AvgIpc) is 2.13. The van der Waals surface area contributed by atoms with Gasteiger partial charge in [0.15, 0.2) is 0 Å². The molecule has 0 aliphatic heterocycles. The molecule has 3 saturated carbocycles. The van der Waals surface area contributed by atoms with Crippen LogP contribution in [0.15, 0.2) is 24.3 Å². The number of ether oxygens (including phenoxy) is 1. The summed E-state index contributed by atoms with van der Waals surface area (Å²) in [7, 11) is 1.65. The van der Waals surface area contributed by atoms with E-state index in [0.29, 0.717) is 0 Å². The van der Waals surface area contributed by atoms with Crippen LogP contribution in [-0.4, -0.2) is 18.2 Å². The monoisotopic (exact) mass is 218 g/mol. The molecule has 0 spiro atoms. The van der Waals surface area contributed by atoms with E-state index in [9.17, 15) is 4.79 Å². The van der Waals surface area contributed by atoms with Gasteiger partial charge in [0.2, 0.25) is 0 Å². The second kappa shape index (κ2) is 2.78. The van der Waals surface area contributed by atoms with Crippen molar-refractivity contribution in [1.82, 2.24) is 0 Å². The number of hydrogen-bond donors (Lipinski definition) is 1. The lowest BCUT2D eigenvalue weighted by molar-refractivity contribution is -0.194. The minimum atomic E-state index is -0.628. The summed E-state index contributed by atoms with van der Waals surface area (Å²) in [4.78, 5) is 11.0. The maximum atomic E-state index is 11.0. The van der Waals surface area contributed by atoms with Gasteiger partial charge in [0.1, 0.15) is 5.75 Å². The van der Waals surface area contributed by atoms with Gasteiger partial charge in [-0.3, -0.25) is 4.79 Å². The third-order valence-electron chi connectivity index (χ3n) is 4.17. The van der Waals surface area contributed by atoms with E-state index in [1.807, 2.05) is 18.2 Å². The minimum Gasteiger partial charge on any atom is -0.497 e. The average molecular weight is 218 g/mol. The van der Waals surface area contributed by atoms with Crippen molar-refractivity contribution in [2.45, 2.75) is 24.7 Å². The standard InChI is InChI=1S/C13H14O3/c1-16-10-4-2-3-9(5-10)12-6-13(7-12,8-12)11(14)15/h2-5H,6-8H2,1H3,(H,14,15). The number of benzene rings is 1. The molecule has 3 aliphatic carbocycles. The smallest absolute Gasteiger partial charge is 0.309 e. The van der Waals surface area contributed by atoms with Crippen molar-refractivity contribution in [2.24, 2.45) is 5.41 Å². The van der Waals surface area contributed by atoms with Crippen molar-refractivity contribution in [1.29, 1.82) is 0 Å². The fraction of sp³-hybridized carbons (Fsp3) is 0.462. The molecule has 3 nitrogen and oxygen atoms in total. The summed E-state index contributed by atoms with van der Waals surface area (Å²) < 4.78 is 5.19. The lowest BCUT2D eigenvalue weighted by Crippen LogP contribution is -2.67. The van der Waals surface area contributed by atoms with E-state index in [-0.39, 0.29) is 5.41 Å². The zero-order chi connectivity index (χ0) is 11.4. The van der Waals surface area contributed by atoms with Crippen LogP contribution in [0.2, 0.25) is 0 Å². The van der Waals surface area contributed by atoms with Crippen molar-refractivity contribution in [2.75, 3.05) is 7.11 Å². The summed E-state index contributed by atoms with van der Waals surface area (Å²) in [5.74, 6) is 0.226. The largest absolute Gasteiger partial charge is 0.497 e. The van der Waals surface area contributed by atoms with Crippen LogP contribution in [0, 0.1) is 5.41 Å². The summed E-state index contributed by atoms with van der Waals surface area (Å²) in [5.41, 5.74) is 0.964. The van der Waals surface area contributed by atoms with Gasteiger partial charge in [-0.15, -0.1) is 0 Å². The Bertz CT molecular complexity index is 444. The number of rotatable bonds is 3. The first-order chi connectivity index (χ1) is 7.60. The highest BCUT2D eigenvalue weighted by Crippen LogP contribution is 2.73. The number of methoxy groups -OCH3 is 1. The Kier molecular flexibility index (Phi) is 1.69. The van der Waals surface area contributed by atoms with Crippen LogP contribution in [-0.2, 0) is 10.2 Å². The summed E-state index contributed by atoms with van der Waals surface area (Å²) in [6.07, 6.45) is 2.38. The third-order valence-corrected chi connectivity index (χ3v) is 4.17. The van der Waals surface area contributed by atoms with Crippen molar-refractivity contribution in [3.8, 4) is 5.75 Å². The van der Waals surface area contributed by atoms with Crippen LogP contribution >= 0.6 is 0 Å². The van der Waals surface area contributed by atoms with E-state index in [2.05, 4.69) is 6.07 Å². The van der Waals surface area contributed by atoms with Crippen molar-refractivity contribution >= 4 is 5.97 Å². The Morgan fingerprint density at radius 3 is 2.62 bits per heavy atom. The first kappa shape index (κ1) is 9.70. The van der Waals surface area contributed by atoms with Crippen LogP contribution in [0.1, 0.15) is 24.8 Å². The zero-order valence-electron chi connectivity index (χ0n) is 9.19. The lowest BCUT2D eigenvalue weighted by atomic mass is 9.33. The van der Waals surface area contributed by atoms with Crippen LogP contribution in [0.25, 0.3) is 0 Å². The molecule has 0 saturated heterocycles. The van der Waals surface area contributed by atoms with E-state index in [0.717, 1.165) is 25.0 Å². The Morgan fingerprint density at radius 2 is 2.06 bits per heavy atom. The van der Waals surface area contributed by atoms with E-state index in [1.165, 1.54) is 5.56 Å². The zero-order valence-corrected chi connectivity index (χ0v) is 9.19. The molecule has 16 heavy (non-hydrogen) atoms. The summed E-state index contributed by atoms with van der Waals surface area (Å²) in [5, 5.41) is 9.07. The Morgan fingerprint density at radius 1 is 1.38 bits per heavy atom. The van der Waals surface area contributed by atoms with Gasteiger partial charge in [0, 0.05) is 0 Å². The maximum absolute atomic E-state index is 11.0. The van der Waals surface area contributed by atoms with Crippen LogP contribution in [0.4, 0.5) is 0 Å². The maximum Gasteiger partial charge on any atom is 0.309 e. The number of aliphatic carboxylic acids is 1. The molecule has 0 radical (unpaired) electrons. The molecule has 3 fully saturated rings. The Labute approximate surface area is 94.0 Å². The summed E-state index contributed by atoms with van der Waals surface area (Å²) in [6.45, 7) is 0. The van der Waals surface area contributed by atoms with Gasteiger partial charge in [-0.05, 0) is 42.4 Å². The first-order valence-electron chi connectivity index (χ1n) is 5.48. The molecule has 3 heteroatoms. The van der Waals surface area contributed by atoms with E-state index < -0.39 is 11.4 Å². The highest BCUT2D eigenvalue weighted by atomic mass is 16.5. The summed E-state index contributed by atoms with van der Waals surface area (Å²) in [6, 6.07) is 8.00. The number of hydrogen-bond acceptors (Lipinski definition) is 2. The second-order valence-corrected chi connectivity index (χ2v) is 5.13. The highest BCUT2D eigenvalue weighted by Gasteiger charge is 2.72. The second-order valence-electron chi connectivity index (χ2n) is 5.13. The fourth-order valence-corrected chi connectivity index (χ4v) is 3.27. The third kappa shape index (κ3) is 1.01. The van der Waals surface area contributed by atoms with Gasteiger partial charge >= 0.3 is 5.97 Å². The normalized spacial score (nSPS) is 34.8. The van der Waals surface area contributed by atoms with Crippen LogP contribution in [0.3, 0.4) is 0 Å². The predicted octanol–water partition coefficient (Wildman–Crippen LogP) is 2.20. The molecule has 4 rings (SSSR count). The molecule has 1 N–H and O–H groups in total. The van der Waals surface area contributed by atoms with E-state index in [4.69, 9.17) is 9.84 Å². The van der Waals surface area contributed by atoms with Gasteiger partial charge in [0.25, 0.3) is 0 Å². The molecule has 84 valence electrons. The SMILES string of the molecule is COc1cccc(C23CC(C(=O)O)(C2)C3)c1. The first-order valence-corrected chi connectivity index (χ1v) is 5.48. The van der Waals surface area contributed by atoms with Crippen molar-refractivity contribution < 1.29 is 14.6 Å². The van der Waals surface area contributed by atoms with Gasteiger partial charge in [-0.1, -0.05) is 12.1 Å². The number of carboxylic acids is 1. The van der Waals surface area contributed by atoms with E-state index in [1.54, 1.807) is 7.11 Å². The van der Waals surface area contributed by atoms with Gasteiger partial charge < -0.3 is 9.84 Å². The molecule has 0 unspecified atom stereocenters. The molecule has 2 bridgehead atoms. The molecule has 1 aromatic rings. The molecular weight excluding hydrogens is 204 g/mol. The molecule has 3 aliphatic rings. The van der Waals surface area contributed by atoms with Crippen LogP contribution < -0.4 is 4.74 Å². The molecule has 0 amide bonds. The van der Waals surface area contributed by atoms with Gasteiger partial charge in [-0.25, -0.2) is 0 Å². The molecule has 0 heterocycles. The van der Waals surface area contributed by atoms with Gasteiger partial charge in [-0.2, -0.15) is 0 Å².